The number of halogens is 1. The topological polar surface area (TPSA) is 83.5 Å². The van der Waals surface area contributed by atoms with Crippen LogP contribution in [0.25, 0.3) is 0 Å². The zero-order valence-corrected chi connectivity index (χ0v) is 9.55. The minimum Gasteiger partial charge on any atom is -0.480 e. The Balaban J connectivity index is 2.68. The van der Waals surface area contributed by atoms with Crippen LogP contribution in [-0.2, 0) is 9.59 Å². The molecule has 0 aliphatic rings. The molecule has 0 bridgehead atoms. The van der Waals surface area contributed by atoms with E-state index in [1.165, 1.54) is 6.07 Å². The second-order valence-corrected chi connectivity index (χ2v) is 4.62. The number of hydrogen-bond acceptors (Lipinski definition) is 4. The molecule has 5 nitrogen and oxygen atoms in total. The fourth-order valence-electron chi connectivity index (χ4n) is 1.05. The summed E-state index contributed by atoms with van der Waals surface area (Å²) < 4.78 is 0.457. The second kappa shape index (κ2) is 5.62. The van der Waals surface area contributed by atoms with Crippen molar-refractivity contribution in [2.75, 3.05) is 0 Å². The van der Waals surface area contributed by atoms with Gasteiger partial charge in [0, 0.05) is 6.42 Å². The average molecular weight is 262 g/mol. The van der Waals surface area contributed by atoms with Gasteiger partial charge in [-0.05, 0) is 12.1 Å². The third kappa shape index (κ3) is 3.32. The molecule has 0 aromatic carbocycles. The van der Waals surface area contributed by atoms with Gasteiger partial charge in [0.05, 0.1) is 9.21 Å². The highest BCUT2D eigenvalue weighted by atomic mass is 35.5. The van der Waals surface area contributed by atoms with E-state index >= 15 is 0 Å². The lowest BCUT2D eigenvalue weighted by Crippen LogP contribution is -2.37. The molecule has 1 atom stereocenters. The summed E-state index contributed by atoms with van der Waals surface area (Å²) in [6.07, 6.45) is -0.0294. The third-order valence-electron chi connectivity index (χ3n) is 1.80. The van der Waals surface area contributed by atoms with E-state index in [4.69, 9.17) is 16.7 Å². The lowest BCUT2D eigenvalue weighted by molar-refractivity contribution is -0.140. The predicted octanol–water partition coefficient (Wildman–Crippen LogP) is 1.17. The van der Waals surface area contributed by atoms with Crippen LogP contribution in [0, 0.1) is 0 Å². The minimum absolute atomic E-state index is 0.257. The Labute approximate surface area is 100 Å². The quantitative estimate of drug-likeness (QED) is 0.595. The molecule has 1 aromatic rings. The van der Waals surface area contributed by atoms with E-state index in [9.17, 15) is 14.4 Å². The number of thiophene rings is 1. The molecule has 0 aliphatic heterocycles. The van der Waals surface area contributed by atoms with E-state index in [1.807, 2.05) is 0 Å². The number of Topliss-reactive ketones (excluding diaryl/α,β-unsaturated/α-hetero) is 1. The molecule has 7 heteroatoms. The van der Waals surface area contributed by atoms with Crippen LogP contribution in [0.2, 0.25) is 4.34 Å². The molecule has 2 N–H and O–H groups in total. The number of hydrogen-bond donors (Lipinski definition) is 2. The van der Waals surface area contributed by atoms with E-state index in [0.29, 0.717) is 9.21 Å². The normalized spacial score (nSPS) is 11.8. The van der Waals surface area contributed by atoms with Gasteiger partial charge < -0.3 is 10.4 Å². The van der Waals surface area contributed by atoms with Crippen LogP contribution in [0.3, 0.4) is 0 Å². The summed E-state index contributed by atoms with van der Waals surface area (Å²) in [7, 11) is 0. The molecule has 0 saturated heterocycles. The van der Waals surface area contributed by atoms with Gasteiger partial charge in [-0.1, -0.05) is 11.6 Å². The number of rotatable bonds is 6. The smallest absolute Gasteiger partial charge is 0.326 e. The molecular formula is C9H8ClNO4S. The number of nitrogens with one attached hydrogen (secondary N) is 1. The van der Waals surface area contributed by atoms with Crippen molar-refractivity contribution < 1.29 is 19.5 Å². The summed E-state index contributed by atoms with van der Waals surface area (Å²) in [5, 5.41) is 10.8. The van der Waals surface area contributed by atoms with Gasteiger partial charge in [0.25, 0.3) is 0 Å². The predicted molar refractivity (Wildman–Crippen MR) is 58.9 cm³/mol. The number of aliphatic carboxylic acids is 1. The first-order valence-electron chi connectivity index (χ1n) is 4.25. The molecular weight excluding hydrogens is 254 g/mol. The molecule has 86 valence electrons. The highest BCUT2D eigenvalue weighted by Crippen LogP contribution is 2.22. The van der Waals surface area contributed by atoms with Gasteiger partial charge in [-0.3, -0.25) is 9.59 Å². The van der Waals surface area contributed by atoms with E-state index in [1.54, 1.807) is 6.07 Å². The van der Waals surface area contributed by atoms with Crippen molar-refractivity contribution in [1.29, 1.82) is 0 Å². The lowest BCUT2D eigenvalue weighted by Gasteiger charge is -2.08. The Bertz CT molecular complexity index is 417. The Morgan fingerprint density at radius 3 is 2.69 bits per heavy atom. The van der Waals surface area contributed by atoms with Crippen molar-refractivity contribution in [2.24, 2.45) is 0 Å². The number of ketones is 1. The zero-order chi connectivity index (χ0) is 12.1. The van der Waals surface area contributed by atoms with Crippen LogP contribution in [0.5, 0.6) is 0 Å². The van der Waals surface area contributed by atoms with E-state index in [0.717, 1.165) is 11.3 Å². The summed E-state index contributed by atoms with van der Waals surface area (Å²) in [6, 6.07) is 1.88. The van der Waals surface area contributed by atoms with Crippen molar-refractivity contribution in [3.05, 3.63) is 21.3 Å². The van der Waals surface area contributed by atoms with Gasteiger partial charge in [0.1, 0.15) is 6.04 Å². The van der Waals surface area contributed by atoms with Gasteiger partial charge in [-0.25, -0.2) is 4.79 Å². The van der Waals surface area contributed by atoms with Gasteiger partial charge in [0.2, 0.25) is 6.41 Å². The molecule has 1 aromatic heterocycles. The van der Waals surface area contributed by atoms with Crippen LogP contribution < -0.4 is 5.32 Å². The largest absolute Gasteiger partial charge is 0.480 e. The summed E-state index contributed by atoms with van der Waals surface area (Å²) in [5.41, 5.74) is 0. The van der Waals surface area contributed by atoms with Crippen molar-refractivity contribution in [1.82, 2.24) is 5.32 Å². The number of carboxylic acid groups (broad SMARTS) is 1. The fraction of sp³-hybridized carbons (Fsp3) is 0.222. The third-order valence-corrected chi connectivity index (χ3v) is 3.08. The van der Waals surface area contributed by atoms with Gasteiger partial charge in [0.15, 0.2) is 5.78 Å². The van der Waals surface area contributed by atoms with Crippen molar-refractivity contribution in [3.63, 3.8) is 0 Å². The lowest BCUT2D eigenvalue weighted by atomic mass is 10.1. The molecule has 1 heterocycles. The highest BCUT2D eigenvalue weighted by Gasteiger charge is 2.21. The minimum atomic E-state index is -1.25. The summed E-state index contributed by atoms with van der Waals surface area (Å²) >= 11 is 6.72. The molecule has 0 aliphatic carbocycles. The maximum atomic E-state index is 11.6. The maximum absolute atomic E-state index is 11.6. The van der Waals surface area contributed by atoms with Crippen molar-refractivity contribution >= 4 is 41.1 Å². The van der Waals surface area contributed by atoms with Crippen LogP contribution in [0.4, 0.5) is 0 Å². The fourth-order valence-corrected chi connectivity index (χ4v) is 2.04. The van der Waals surface area contributed by atoms with Gasteiger partial charge in [-0.15, -0.1) is 11.3 Å². The standard InChI is InChI=1S/C9H8ClNO4S/c10-8-2-1-7(16-8)6(13)3-5(9(14)15)11-4-12/h1-2,4-5H,3H2,(H,11,12)(H,14,15). The zero-order valence-electron chi connectivity index (χ0n) is 7.97. The highest BCUT2D eigenvalue weighted by molar-refractivity contribution is 7.18. The van der Waals surface area contributed by atoms with Crippen molar-refractivity contribution in [3.8, 4) is 0 Å². The Kier molecular flexibility index (Phi) is 4.45. The van der Waals surface area contributed by atoms with E-state index in [2.05, 4.69) is 5.32 Å². The SMILES string of the molecule is O=CNC(CC(=O)c1ccc(Cl)s1)C(=O)O. The van der Waals surface area contributed by atoms with Crippen molar-refractivity contribution in [2.45, 2.75) is 12.5 Å². The van der Waals surface area contributed by atoms with Gasteiger partial charge in [-0.2, -0.15) is 0 Å². The molecule has 16 heavy (non-hydrogen) atoms. The average Bonchev–Trinajstić information content (AvgIpc) is 2.64. The summed E-state index contributed by atoms with van der Waals surface area (Å²) in [4.78, 5) is 32.8. The first-order valence-corrected chi connectivity index (χ1v) is 5.45. The molecule has 0 radical (unpaired) electrons. The van der Waals surface area contributed by atoms with E-state index < -0.39 is 12.0 Å². The molecule has 0 fully saturated rings. The monoisotopic (exact) mass is 261 g/mol. The number of carboxylic acids is 1. The number of amides is 1. The van der Waals surface area contributed by atoms with Crippen LogP contribution in [-0.4, -0.2) is 29.3 Å². The first-order chi connectivity index (χ1) is 7.54. The summed E-state index contributed by atoms with van der Waals surface area (Å²) in [5.74, 6) is -1.61. The van der Waals surface area contributed by atoms with Crippen LogP contribution >= 0.6 is 22.9 Å². The Morgan fingerprint density at radius 1 is 1.56 bits per heavy atom. The number of carbonyl (C=O) groups excluding carboxylic acids is 2. The van der Waals surface area contributed by atoms with Crippen LogP contribution in [0.15, 0.2) is 12.1 Å². The summed E-state index contributed by atoms with van der Waals surface area (Å²) in [6.45, 7) is 0. The Morgan fingerprint density at radius 2 is 2.25 bits per heavy atom. The van der Waals surface area contributed by atoms with Crippen LogP contribution in [0.1, 0.15) is 16.1 Å². The van der Waals surface area contributed by atoms with E-state index in [-0.39, 0.29) is 18.6 Å². The molecule has 0 saturated carbocycles. The van der Waals surface area contributed by atoms with Gasteiger partial charge >= 0.3 is 5.97 Å². The Hall–Kier alpha value is -1.40. The second-order valence-electron chi connectivity index (χ2n) is 2.91. The molecule has 1 amide bonds. The maximum Gasteiger partial charge on any atom is 0.326 e. The molecule has 1 unspecified atom stereocenters. The molecule has 0 spiro atoms. The first kappa shape index (κ1) is 12.7. The molecule has 1 rings (SSSR count). The number of carbonyl (C=O) groups is 3.